The molecule has 0 saturated carbocycles. The van der Waals surface area contributed by atoms with Gasteiger partial charge >= 0.3 is 5.97 Å². The predicted octanol–water partition coefficient (Wildman–Crippen LogP) is 4.50. The molecular formula is C27H33N7O5. The number of benzene rings is 2. The third-order valence-electron chi connectivity index (χ3n) is 6.04. The first kappa shape index (κ1) is 28.9. The zero-order valence-electron chi connectivity index (χ0n) is 21.8. The molecule has 206 valence electrons. The Bertz CT molecular complexity index is 1480. The second kappa shape index (κ2) is 12.2. The average molecular weight is 536 g/mol. The van der Waals surface area contributed by atoms with Gasteiger partial charge in [0.05, 0.1) is 30.3 Å². The van der Waals surface area contributed by atoms with E-state index in [-0.39, 0.29) is 24.6 Å². The lowest BCUT2D eigenvalue weighted by molar-refractivity contribution is -0.384. The lowest BCUT2D eigenvalue weighted by Crippen LogP contribution is -2.29. The normalized spacial score (nSPS) is 10.7. The molecule has 12 heteroatoms. The standard InChI is InChI=1S/C26H29N7O5.CH4/c1-30(2)12-13-31(3)21-15-23(37-4)19(14-22(21)33(35)36)28-26-27-16-18(25(34)38-5)24(29-26)32-11-10-17-8-6-7-9-20(17)32;/h6-11,14-16H,12-13H2,1-5H3,(H,27,28,29);1H4. The smallest absolute Gasteiger partial charge is 0.343 e. The summed E-state index contributed by atoms with van der Waals surface area (Å²) >= 11 is 0. The highest BCUT2D eigenvalue weighted by Gasteiger charge is 2.23. The molecule has 2 aromatic heterocycles. The summed E-state index contributed by atoms with van der Waals surface area (Å²) in [4.78, 5) is 36.7. The lowest BCUT2D eigenvalue weighted by Gasteiger charge is -2.22. The van der Waals surface area contributed by atoms with Crippen LogP contribution in [0.3, 0.4) is 0 Å². The molecule has 0 radical (unpaired) electrons. The number of anilines is 3. The van der Waals surface area contributed by atoms with Crippen molar-refractivity contribution in [2.45, 2.75) is 7.43 Å². The van der Waals surface area contributed by atoms with Crippen LogP contribution in [0.4, 0.5) is 23.0 Å². The van der Waals surface area contributed by atoms with Crippen LogP contribution in [0, 0.1) is 10.1 Å². The van der Waals surface area contributed by atoms with E-state index in [1.807, 2.05) is 49.3 Å². The third-order valence-corrected chi connectivity index (χ3v) is 6.04. The number of aromatic nitrogens is 3. The molecule has 2 heterocycles. The molecular weight excluding hydrogens is 502 g/mol. The topological polar surface area (TPSA) is 128 Å². The molecule has 0 fully saturated rings. The van der Waals surface area contributed by atoms with E-state index < -0.39 is 10.9 Å². The van der Waals surface area contributed by atoms with E-state index in [0.717, 1.165) is 10.9 Å². The maximum atomic E-state index is 12.5. The molecule has 4 aromatic rings. The van der Waals surface area contributed by atoms with Crippen LogP contribution in [0.15, 0.2) is 54.9 Å². The number of nitro benzene ring substituents is 1. The highest BCUT2D eigenvalue weighted by molar-refractivity contribution is 5.94. The molecule has 2 aromatic carbocycles. The number of fused-ring (bicyclic) bond motifs is 1. The lowest BCUT2D eigenvalue weighted by atomic mass is 10.2. The van der Waals surface area contributed by atoms with Crippen LogP contribution in [-0.2, 0) is 4.74 Å². The van der Waals surface area contributed by atoms with Crippen LogP contribution >= 0.6 is 0 Å². The number of nitro groups is 1. The first-order valence-corrected chi connectivity index (χ1v) is 11.7. The monoisotopic (exact) mass is 535 g/mol. The fraction of sp³-hybridized carbons (Fsp3) is 0.296. The number of carbonyl (C=O) groups excluding carboxylic acids is 1. The molecule has 12 nitrogen and oxygen atoms in total. The van der Waals surface area contributed by atoms with Gasteiger partial charge in [-0.1, -0.05) is 25.6 Å². The largest absolute Gasteiger partial charge is 0.494 e. The van der Waals surface area contributed by atoms with Gasteiger partial charge in [-0.25, -0.2) is 9.78 Å². The molecule has 0 aliphatic rings. The zero-order chi connectivity index (χ0) is 27.4. The van der Waals surface area contributed by atoms with E-state index in [0.29, 0.717) is 36.0 Å². The molecule has 4 rings (SSSR count). The third kappa shape index (κ3) is 6.07. The van der Waals surface area contributed by atoms with Crippen molar-refractivity contribution in [3.63, 3.8) is 0 Å². The van der Waals surface area contributed by atoms with Crippen LogP contribution in [0.25, 0.3) is 16.7 Å². The minimum absolute atomic E-state index is 0. The van der Waals surface area contributed by atoms with Crippen LogP contribution in [0.2, 0.25) is 0 Å². The van der Waals surface area contributed by atoms with Crippen LogP contribution in [-0.4, -0.2) is 78.8 Å². The molecule has 0 aliphatic heterocycles. The van der Waals surface area contributed by atoms with Crippen molar-refractivity contribution in [3.8, 4) is 11.6 Å². The second-order valence-corrected chi connectivity index (χ2v) is 8.82. The van der Waals surface area contributed by atoms with E-state index in [1.165, 1.54) is 26.5 Å². The number of carbonyl (C=O) groups is 1. The Morgan fingerprint density at radius 1 is 1.13 bits per heavy atom. The zero-order valence-corrected chi connectivity index (χ0v) is 21.8. The van der Waals surface area contributed by atoms with Crippen molar-refractivity contribution in [2.75, 3.05) is 58.7 Å². The Morgan fingerprint density at radius 2 is 1.87 bits per heavy atom. The molecule has 0 spiro atoms. The molecule has 0 bridgehead atoms. The SMILES string of the molecule is C.COC(=O)c1cnc(Nc2cc([N+](=O)[O-])c(N(C)CCN(C)C)cc2OC)nc1-n1ccc2ccccc21. The minimum Gasteiger partial charge on any atom is -0.494 e. The fourth-order valence-electron chi connectivity index (χ4n) is 4.01. The summed E-state index contributed by atoms with van der Waals surface area (Å²) in [5.41, 5.74) is 1.62. The summed E-state index contributed by atoms with van der Waals surface area (Å²) in [5, 5.41) is 16.0. The van der Waals surface area contributed by atoms with E-state index in [1.54, 1.807) is 28.8 Å². The number of ether oxygens (including phenoxy) is 2. The van der Waals surface area contributed by atoms with Gasteiger partial charge < -0.3 is 29.2 Å². The van der Waals surface area contributed by atoms with E-state index in [4.69, 9.17) is 9.47 Å². The summed E-state index contributed by atoms with van der Waals surface area (Å²) in [7, 11) is 8.43. The molecule has 0 atom stereocenters. The summed E-state index contributed by atoms with van der Waals surface area (Å²) in [5.74, 6) is 0.189. The molecule has 0 amide bonds. The molecule has 0 unspecified atom stereocenters. The number of hydrogen-bond acceptors (Lipinski definition) is 10. The van der Waals surface area contributed by atoms with Crippen LogP contribution in [0.5, 0.6) is 5.75 Å². The van der Waals surface area contributed by atoms with Crippen LogP contribution < -0.4 is 15.0 Å². The van der Waals surface area contributed by atoms with Gasteiger partial charge in [0.2, 0.25) is 5.95 Å². The summed E-state index contributed by atoms with van der Waals surface area (Å²) in [6, 6.07) is 12.6. The average Bonchev–Trinajstić information content (AvgIpc) is 3.35. The molecule has 39 heavy (non-hydrogen) atoms. The van der Waals surface area contributed by atoms with Crippen molar-refractivity contribution >= 4 is 39.9 Å². The highest BCUT2D eigenvalue weighted by atomic mass is 16.6. The van der Waals surface area contributed by atoms with Gasteiger partial charge in [0.15, 0.2) is 5.82 Å². The maximum absolute atomic E-state index is 12.5. The maximum Gasteiger partial charge on any atom is 0.343 e. The number of methoxy groups -OCH3 is 2. The summed E-state index contributed by atoms with van der Waals surface area (Å²) < 4.78 is 12.3. The minimum atomic E-state index is -0.595. The number of hydrogen-bond donors (Lipinski definition) is 1. The van der Waals surface area contributed by atoms with Gasteiger partial charge in [-0.05, 0) is 31.6 Å². The molecule has 1 N–H and O–H groups in total. The summed E-state index contributed by atoms with van der Waals surface area (Å²) in [6.45, 7) is 1.29. The predicted molar refractivity (Wildman–Crippen MR) is 152 cm³/mol. The Kier molecular flexibility index (Phi) is 9.04. The highest BCUT2D eigenvalue weighted by Crippen LogP contribution is 2.39. The second-order valence-electron chi connectivity index (χ2n) is 8.82. The van der Waals surface area contributed by atoms with Crippen molar-refractivity contribution in [1.82, 2.24) is 19.4 Å². The Morgan fingerprint density at radius 3 is 2.54 bits per heavy atom. The van der Waals surface area contributed by atoms with Crippen molar-refractivity contribution < 1.29 is 19.2 Å². The Labute approximate surface area is 226 Å². The number of para-hydroxylation sites is 1. The summed E-state index contributed by atoms with van der Waals surface area (Å²) in [6.07, 6.45) is 3.16. The number of esters is 1. The number of nitrogens with zero attached hydrogens (tertiary/aromatic N) is 6. The first-order chi connectivity index (χ1) is 18.2. The van der Waals surface area contributed by atoms with Gasteiger partial charge in [-0.2, -0.15) is 4.98 Å². The number of nitrogens with one attached hydrogen (secondary N) is 1. The van der Waals surface area contributed by atoms with Crippen LogP contribution in [0.1, 0.15) is 17.8 Å². The molecule has 0 saturated heterocycles. The first-order valence-electron chi connectivity index (χ1n) is 11.7. The van der Waals surface area contributed by atoms with Gasteiger partial charge in [-0.3, -0.25) is 10.1 Å². The van der Waals surface area contributed by atoms with Gasteiger partial charge in [0.25, 0.3) is 5.69 Å². The van der Waals surface area contributed by atoms with Gasteiger partial charge in [0.1, 0.15) is 17.0 Å². The van der Waals surface area contributed by atoms with Crippen molar-refractivity contribution in [2.24, 2.45) is 0 Å². The van der Waals surface area contributed by atoms with Crippen molar-refractivity contribution in [1.29, 1.82) is 0 Å². The van der Waals surface area contributed by atoms with E-state index >= 15 is 0 Å². The van der Waals surface area contributed by atoms with Gasteiger partial charge in [-0.15, -0.1) is 0 Å². The van der Waals surface area contributed by atoms with Gasteiger partial charge in [0, 0.05) is 44.7 Å². The van der Waals surface area contributed by atoms with E-state index in [9.17, 15) is 14.9 Å². The Balaban J connectivity index is 0.00000420. The Hall–Kier alpha value is -4.71. The quantitative estimate of drug-likeness (QED) is 0.176. The fourth-order valence-corrected chi connectivity index (χ4v) is 4.01. The van der Waals surface area contributed by atoms with Crippen molar-refractivity contribution in [3.05, 3.63) is 70.5 Å². The van der Waals surface area contributed by atoms with E-state index in [2.05, 4.69) is 15.3 Å². The number of likely N-dealkylation sites (N-methyl/N-ethyl adjacent to an activating group) is 2. The molecule has 0 aliphatic carbocycles. The number of rotatable bonds is 10.